The first-order chi connectivity index (χ1) is 17.1. The van der Waals surface area contributed by atoms with Gasteiger partial charge in [-0.1, -0.05) is 67.6 Å². The molecule has 3 aromatic rings. The van der Waals surface area contributed by atoms with E-state index in [1.165, 1.54) is 5.56 Å². The predicted octanol–water partition coefficient (Wildman–Crippen LogP) is 3.93. The largest absolute Gasteiger partial charge is 0.365 e. The molecule has 2 aliphatic rings. The maximum absolute atomic E-state index is 13.2. The van der Waals surface area contributed by atoms with Crippen LogP contribution in [0.1, 0.15) is 59.1 Å². The van der Waals surface area contributed by atoms with Gasteiger partial charge in [-0.3, -0.25) is 9.59 Å². The Morgan fingerprint density at radius 1 is 1.06 bits per heavy atom. The molecule has 5 rings (SSSR count). The van der Waals surface area contributed by atoms with Crippen molar-refractivity contribution in [2.45, 2.75) is 44.9 Å². The van der Waals surface area contributed by atoms with Crippen LogP contribution < -0.4 is 5.32 Å². The number of aromatic nitrogens is 2. The number of carbonyl (C=O) groups excluding carboxylic acids is 2. The highest BCUT2D eigenvalue weighted by molar-refractivity contribution is 5.93. The van der Waals surface area contributed by atoms with E-state index in [9.17, 15) is 9.59 Å². The average Bonchev–Trinajstić information content (AvgIpc) is 3.35. The standard InChI is InChI=1S/C28H32N4O3/c1-20(21-8-4-2-5-9-21)16-29-27(33)23-12-14-31(15-13-23)28(34)26-24-18-35-25(17-32(24)19-30-26)22-10-6-3-7-11-22/h2-11,19-20,23,25H,12-18H2,1H3,(H,29,33). The van der Waals surface area contributed by atoms with Crippen LogP contribution in [0.15, 0.2) is 67.0 Å². The van der Waals surface area contributed by atoms with E-state index in [-0.39, 0.29) is 29.8 Å². The molecule has 0 radical (unpaired) electrons. The van der Waals surface area contributed by atoms with Crippen LogP contribution in [0.4, 0.5) is 0 Å². The normalized spacial score (nSPS) is 19.1. The number of rotatable bonds is 6. The van der Waals surface area contributed by atoms with Crippen LogP contribution in [0.25, 0.3) is 0 Å². The predicted molar refractivity (Wildman–Crippen MR) is 133 cm³/mol. The van der Waals surface area contributed by atoms with Crippen LogP contribution in [0.5, 0.6) is 0 Å². The maximum Gasteiger partial charge on any atom is 0.274 e. The van der Waals surface area contributed by atoms with Gasteiger partial charge in [0.15, 0.2) is 5.69 Å². The number of likely N-dealkylation sites (tertiary alicyclic amines) is 1. The fourth-order valence-electron chi connectivity index (χ4n) is 4.97. The summed E-state index contributed by atoms with van der Waals surface area (Å²) in [5.41, 5.74) is 3.64. The minimum absolute atomic E-state index is 0.0419. The molecular formula is C28H32N4O3. The summed E-state index contributed by atoms with van der Waals surface area (Å²) in [4.78, 5) is 32.2. The van der Waals surface area contributed by atoms with Crippen molar-refractivity contribution in [1.82, 2.24) is 19.8 Å². The molecule has 2 atom stereocenters. The summed E-state index contributed by atoms with van der Waals surface area (Å²) in [6.07, 6.45) is 3.04. The van der Waals surface area contributed by atoms with Crippen molar-refractivity contribution in [2.75, 3.05) is 19.6 Å². The highest BCUT2D eigenvalue weighted by Gasteiger charge is 2.32. The second kappa shape index (κ2) is 10.4. The number of nitrogens with zero attached hydrogens (tertiary/aromatic N) is 3. The SMILES string of the molecule is CC(CNC(=O)C1CCN(C(=O)c2ncn3c2COC(c2ccccc2)C3)CC1)c1ccccc1. The van der Waals surface area contributed by atoms with Crippen LogP contribution in [-0.2, 0) is 22.7 Å². The van der Waals surface area contributed by atoms with Gasteiger partial charge in [-0.25, -0.2) is 4.98 Å². The molecule has 2 unspecified atom stereocenters. The van der Waals surface area contributed by atoms with Crippen molar-refractivity contribution in [3.8, 4) is 0 Å². The Morgan fingerprint density at radius 2 is 1.74 bits per heavy atom. The molecule has 2 aliphatic heterocycles. The minimum Gasteiger partial charge on any atom is -0.365 e. The summed E-state index contributed by atoms with van der Waals surface area (Å²) in [6.45, 7) is 4.86. The number of piperidine rings is 1. The van der Waals surface area contributed by atoms with Gasteiger partial charge >= 0.3 is 0 Å². The monoisotopic (exact) mass is 472 g/mol. The molecule has 1 N–H and O–H groups in total. The highest BCUT2D eigenvalue weighted by Crippen LogP contribution is 2.29. The lowest BCUT2D eigenvalue weighted by Gasteiger charge is -2.32. The first-order valence-electron chi connectivity index (χ1n) is 12.4. The number of amides is 2. The molecule has 0 aliphatic carbocycles. The van der Waals surface area contributed by atoms with Gasteiger partial charge in [-0.2, -0.15) is 0 Å². The van der Waals surface area contributed by atoms with Crippen LogP contribution in [-0.4, -0.2) is 45.9 Å². The summed E-state index contributed by atoms with van der Waals surface area (Å²) in [5, 5.41) is 3.11. The third kappa shape index (κ3) is 5.15. The van der Waals surface area contributed by atoms with Crippen molar-refractivity contribution in [2.24, 2.45) is 5.92 Å². The smallest absolute Gasteiger partial charge is 0.274 e. The van der Waals surface area contributed by atoms with E-state index >= 15 is 0 Å². The number of benzene rings is 2. The van der Waals surface area contributed by atoms with Crippen molar-refractivity contribution in [3.63, 3.8) is 0 Å². The second-order valence-electron chi connectivity index (χ2n) is 9.53. The molecule has 0 saturated carbocycles. The number of carbonyl (C=O) groups is 2. The molecule has 3 heterocycles. The Hall–Kier alpha value is -3.45. The fourth-order valence-corrected chi connectivity index (χ4v) is 4.97. The Kier molecular flexibility index (Phi) is 6.95. The lowest BCUT2D eigenvalue weighted by molar-refractivity contribution is -0.126. The molecule has 7 heteroatoms. The zero-order valence-electron chi connectivity index (χ0n) is 20.1. The third-order valence-corrected chi connectivity index (χ3v) is 7.21. The van der Waals surface area contributed by atoms with E-state index in [2.05, 4.69) is 41.5 Å². The number of imidazole rings is 1. The van der Waals surface area contributed by atoms with Crippen LogP contribution in [0.2, 0.25) is 0 Å². The quantitative estimate of drug-likeness (QED) is 0.590. The molecule has 1 fully saturated rings. The van der Waals surface area contributed by atoms with E-state index in [0.29, 0.717) is 51.3 Å². The Morgan fingerprint density at radius 3 is 2.46 bits per heavy atom. The van der Waals surface area contributed by atoms with E-state index in [4.69, 9.17) is 4.74 Å². The number of hydrogen-bond acceptors (Lipinski definition) is 4. The van der Waals surface area contributed by atoms with Gasteiger partial charge in [0.05, 0.1) is 25.2 Å². The molecule has 35 heavy (non-hydrogen) atoms. The van der Waals surface area contributed by atoms with Gasteiger partial charge in [0.1, 0.15) is 6.10 Å². The molecule has 0 spiro atoms. The lowest BCUT2D eigenvalue weighted by atomic mass is 9.95. The lowest BCUT2D eigenvalue weighted by Crippen LogP contribution is -2.44. The number of nitrogens with one attached hydrogen (secondary N) is 1. The van der Waals surface area contributed by atoms with E-state index < -0.39 is 0 Å². The van der Waals surface area contributed by atoms with Gasteiger partial charge < -0.3 is 19.5 Å². The van der Waals surface area contributed by atoms with E-state index in [0.717, 1.165) is 11.3 Å². The summed E-state index contributed by atoms with van der Waals surface area (Å²) >= 11 is 0. The second-order valence-corrected chi connectivity index (χ2v) is 9.53. The summed E-state index contributed by atoms with van der Waals surface area (Å²) in [5.74, 6) is 0.210. The fraction of sp³-hybridized carbons (Fsp3) is 0.393. The Bertz CT molecular complexity index is 1150. The molecule has 2 aromatic carbocycles. The molecule has 182 valence electrons. The molecule has 1 aromatic heterocycles. The molecule has 2 amide bonds. The zero-order valence-corrected chi connectivity index (χ0v) is 20.1. The van der Waals surface area contributed by atoms with Gasteiger partial charge in [-0.05, 0) is 29.9 Å². The van der Waals surface area contributed by atoms with Crippen molar-refractivity contribution >= 4 is 11.8 Å². The van der Waals surface area contributed by atoms with Gasteiger partial charge in [0.25, 0.3) is 5.91 Å². The molecule has 7 nitrogen and oxygen atoms in total. The van der Waals surface area contributed by atoms with E-state index in [1.807, 2.05) is 45.9 Å². The average molecular weight is 473 g/mol. The number of fused-ring (bicyclic) bond motifs is 1. The molecule has 1 saturated heterocycles. The summed E-state index contributed by atoms with van der Waals surface area (Å²) < 4.78 is 8.10. The topological polar surface area (TPSA) is 76.5 Å². The first-order valence-corrected chi connectivity index (χ1v) is 12.4. The van der Waals surface area contributed by atoms with Gasteiger partial charge in [0, 0.05) is 25.6 Å². The summed E-state index contributed by atoms with van der Waals surface area (Å²) in [6, 6.07) is 20.3. The van der Waals surface area contributed by atoms with Crippen molar-refractivity contribution in [1.29, 1.82) is 0 Å². The highest BCUT2D eigenvalue weighted by atomic mass is 16.5. The summed E-state index contributed by atoms with van der Waals surface area (Å²) in [7, 11) is 0. The molecule has 0 bridgehead atoms. The van der Waals surface area contributed by atoms with Gasteiger partial charge in [-0.15, -0.1) is 0 Å². The number of ether oxygens (including phenoxy) is 1. The van der Waals surface area contributed by atoms with Crippen LogP contribution in [0.3, 0.4) is 0 Å². The zero-order chi connectivity index (χ0) is 24.2. The van der Waals surface area contributed by atoms with Crippen LogP contribution in [0, 0.1) is 5.92 Å². The van der Waals surface area contributed by atoms with Crippen LogP contribution >= 0.6 is 0 Å². The first kappa shape index (κ1) is 23.3. The Labute approximate surface area is 206 Å². The Balaban J connectivity index is 1.13. The van der Waals surface area contributed by atoms with E-state index in [1.54, 1.807) is 6.33 Å². The van der Waals surface area contributed by atoms with Gasteiger partial charge in [0.2, 0.25) is 5.91 Å². The minimum atomic E-state index is -0.0722. The maximum atomic E-state index is 13.2. The van der Waals surface area contributed by atoms with Crippen molar-refractivity contribution in [3.05, 3.63) is 89.5 Å². The van der Waals surface area contributed by atoms with Crippen molar-refractivity contribution < 1.29 is 14.3 Å². The molecular weight excluding hydrogens is 440 g/mol. The third-order valence-electron chi connectivity index (χ3n) is 7.21. The number of hydrogen-bond donors (Lipinski definition) is 1.